The molecule has 0 saturated carbocycles. The van der Waals surface area contributed by atoms with Crippen molar-refractivity contribution in [2.75, 3.05) is 24.7 Å². The molecule has 2 atom stereocenters. The van der Waals surface area contributed by atoms with E-state index in [0.717, 1.165) is 17.1 Å². The van der Waals surface area contributed by atoms with Gasteiger partial charge in [-0.25, -0.2) is 8.42 Å². The molecular weight excluding hydrogens is 378 g/mol. The van der Waals surface area contributed by atoms with Crippen LogP contribution in [-0.4, -0.2) is 55.2 Å². The van der Waals surface area contributed by atoms with Gasteiger partial charge in [-0.2, -0.15) is 0 Å². The number of sulfone groups is 1. The number of hydrogen-bond acceptors (Lipinski definition) is 6. The molecule has 0 bridgehead atoms. The second-order valence-electron chi connectivity index (χ2n) is 7.13. The van der Waals surface area contributed by atoms with Gasteiger partial charge in [0.1, 0.15) is 24.2 Å². The lowest BCUT2D eigenvalue weighted by Gasteiger charge is -2.29. The highest BCUT2D eigenvalue weighted by molar-refractivity contribution is 7.91. The lowest BCUT2D eigenvalue weighted by molar-refractivity contribution is 0.0495. The average molecular weight is 406 g/mol. The van der Waals surface area contributed by atoms with Crippen LogP contribution in [0, 0.1) is 0 Å². The first kappa shape index (κ1) is 20.6. The average Bonchev–Trinajstić information content (AvgIpc) is 3.30. The van der Waals surface area contributed by atoms with Crippen molar-refractivity contribution in [3.63, 3.8) is 0 Å². The molecule has 6 nitrogen and oxygen atoms in total. The summed E-state index contributed by atoms with van der Waals surface area (Å²) in [5.74, 6) is 1.77. The Balaban J connectivity index is 1.62. The summed E-state index contributed by atoms with van der Waals surface area (Å²) < 4.78 is 35.0. The van der Waals surface area contributed by atoms with Crippen molar-refractivity contribution in [1.82, 2.24) is 4.90 Å². The number of benzene rings is 1. The summed E-state index contributed by atoms with van der Waals surface area (Å²) in [5, 5.41) is 10.6. The summed E-state index contributed by atoms with van der Waals surface area (Å²) in [7, 11) is -3.02. The van der Waals surface area contributed by atoms with Gasteiger partial charge in [0.05, 0.1) is 24.3 Å². The Morgan fingerprint density at radius 2 is 2.14 bits per heavy atom. The molecule has 1 N–H and O–H groups in total. The Bertz CT molecular complexity index is 863. The number of ether oxygens (including phenoxy) is 1. The third-order valence-corrected chi connectivity index (χ3v) is 6.63. The Kier molecular flexibility index (Phi) is 6.93. The molecule has 1 fully saturated rings. The lowest BCUT2D eigenvalue weighted by Crippen LogP contribution is -2.42. The molecule has 0 radical (unpaired) electrons. The smallest absolute Gasteiger partial charge is 0.151 e. The van der Waals surface area contributed by atoms with Gasteiger partial charge in [0.25, 0.3) is 0 Å². The number of hydrogen-bond donors (Lipinski definition) is 1. The molecule has 3 rings (SSSR count). The predicted molar refractivity (Wildman–Crippen MR) is 108 cm³/mol. The highest BCUT2D eigenvalue weighted by Crippen LogP contribution is 2.22. The number of allylic oxidation sites excluding steroid dienone is 1. The summed E-state index contributed by atoms with van der Waals surface area (Å²) in [6.45, 7) is 4.65. The van der Waals surface area contributed by atoms with Gasteiger partial charge < -0.3 is 14.3 Å². The largest absolute Gasteiger partial charge is 0.491 e. The predicted octanol–water partition coefficient (Wildman–Crippen LogP) is 2.44. The highest BCUT2D eigenvalue weighted by atomic mass is 32.2. The highest BCUT2D eigenvalue weighted by Gasteiger charge is 2.33. The Hall–Kier alpha value is -2.09. The monoisotopic (exact) mass is 405 g/mol. The molecule has 2 aromatic rings. The maximum absolute atomic E-state index is 11.9. The van der Waals surface area contributed by atoms with Gasteiger partial charge in [-0.05, 0) is 36.6 Å². The topological polar surface area (TPSA) is 80.0 Å². The van der Waals surface area contributed by atoms with Crippen LogP contribution in [0.15, 0.2) is 59.7 Å². The molecule has 0 spiro atoms. The van der Waals surface area contributed by atoms with E-state index in [4.69, 9.17) is 9.15 Å². The van der Waals surface area contributed by atoms with Crippen LogP contribution in [0.1, 0.15) is 17.7 Å². The third-order valence-electron chi connectivity index (χ3n) is 4.88. The molecule has 1 saturated heterocycles. The number of para-hydroxylation sites is 1. The van der Waals surface area contributed by atoms with Crippen molar-refractivity contribution in [1.29, 1.82) is 0 Å². The quantitative estimate of drug-likeness (QED) is 0.612. The van der Waals surface area contributed by atoms with E-state index in [1.807, 2.05) is 41.3 Å². The van der Waals surface area contributed by atoms with Crippen molar-refractivity contribution in [2.45, 2.75) is 31.5 Å². The van der Waals surface area contributed by atoms with E-state index in [-0.39, 0.29) is 24.2 Å². The van der Waals surface area contributed by atoms with Crippen molar-refractivity contribution in [3.8, 4) is 5.75 Å². The summed E-state index contributed by atoms with van der Waals surface area (Å²) in [6, 6.07) is 11.2. The van der Waals surface area contributed by atoms with Crippen molar-refractivity contribution in [2.24, 2.45) is 0 Å². The molecule has 28 heavy (non-hydrogen) atoms. The third kappa shape index (κ3) is 5.70. The van der Waals surface area contributed by atoms with Gasteiger partial charge in [0.2, 0.25) is 0 Å². The minimum atomic E-state index is -3.02. The van der Waals surface area contributed by atoms with Crippen molar-refractivity contribution in [3.05, 3.63) is 66.6 Å². The van der Waals surface area contributed by atoms with E-state index < -0.39 is 15.9 Å². The molecule has 2 heterocycles. The minimum Gasteiger partial charge on any atom is -0.491 e. The van der Waals surface area contributed by atoms with Gasteiger partial charge in [-0.3, -0.25) is 4.90 Å². The van der Waals surface area contributed by atoms with Crippen molar-refractivity contribution < 1.29 is 22.7 Å². The maximum atomic E-state index is 11.9. The SMILES string of the molecule is C=CCc1ccccc1OCC(O)CN(Cc1ccco1)C1CCS(=O)(=O)C1. The summed E-state index contributed by atoms with van der Waals surface area (Å²) in [4.78, 5) is 1.98. The maximum Gasteiger partial charge on any atom is 0.151 e. The number of aliphatic hydroxyl groups excluding tert-OH is 1. The van der Waals surface area contributed by atoms with Crippen LogP contribution in [0.3, 0.4) is 0 Å². The van der Waals surface area contributed by atoms with E-state index in [1.165, 1.54) is 0 Å². The fourth-order valence-electron chi connectivity index (χ4n) is 3.49. The standard InChI is InChI=1S/C21H27NO5S/c1-2-6-17-7-3-4-9-21(17)27-15-19(23)13-22(14-20-8-5-11-26-20)18-10-12-28(24,25)16-18/h2-5,7-9,11,18-19,23H,1,6,10,12-16H2. The molecule has 152 valence electrons. The molecule has 2 unspecified atom stereocenters. The Morgan fingerprint density at radius 3 is 2.82 bits per heavy atom. The van der Waals surface area contributed by atoms with Crippen LogP contribution in [0.2, 0.25) is 0 Å². The van der Waals surface area contributed by atoms with Crippen molar-refractivity contribution >= 4 is 9.84 Å². The van der Waals surface area contributed by atoms with Crippen LogP contribution in [0.5, 0.6) is 5.75 Å². The number of rotatable bonds is 10. The van der Waals surface area contributed by atoms with Crippen LogP contribution in [-0.2, 0) is 22.8 Å². The van der Waals surface area contributed by atoms with Crippen LogP contribution < -0.4 is 4.74 Å². The van der Waals surface area contributed by atoms with Crippen LogP contribution >= 0.6 is 0 Å². The van der Waals surface area contributed by atoms with Crippen LogP contribution in [0.25, 0.3) is 0 Å². The van der Waals surface area contributed by atoms with E-state index in [0.29, 0.717) is 25.9 Å². The molecule has 0 amide bonds. The first-order chi connectivity index (χ1) is 13.5. The van der Waals surface area contributed by atoms with Gasteiger partial charge in [0, 0.05) is 12.6 Å². The van der Waals surface area contributed by atoms with E-state index in [1.54, 1.807) is 12.3 Å². The van der Waals surface area contributed by atoms with E-state index >= 15 is 0 Å². The van der Waals surface area contributed by atoms with E-state index in [9.17, 15) is 13.5 Å². The Morgan fingerprint density at radius 1 is 1.32 bits per heavy atom. The number of furan rings is 1. The lowest BCUT2D eigenvalue weighted by atomic mass is 10.1. The number of nitrogens with zero attached hydrogens (tertiary/aromatic N) is 1. The van der Waals surface area contributed by atoms with Gasteiger partial charge in [-0.1, -0.05) is 24.3 Å². The molecular formula is C21H27NO5S. The molecule has 1 aromatic carbocycles. The summed E-state index contributed by atoms with van der Waals surface area (Å²) in [5.41, 5.74) is 1.01. The fourth-order valence-corrected chi connectivity index (χ4v) is 5.25. The second-order valence-corrected chi connectivity index (χ2v) is 9.36. The first-order valence-corrected chi connectivity index (χ1v) is 11.3. The molecule has 1 aliphatic rings. The van der Waals surface area contributed by atoms with Gasteiger partial charge in [0.15, 0.2) is 9.84 Å². The zero-order valence-corrected chi connectivity index (χ0v) is 16.7. The van der Waals surface area contributed by atoms with Crippen LogP contribution in [0.4, 0.5) is 0 Å². The zero-order valence-electron chi connectivity index (χ0n) is 15.9. The Labute approximate surface area is 166 Å². The molecule has 1 aromatic heterocycles. The minimum absolute atomic E-state index is 0.115. The summed E-state index contributed by atoms with van der Waals surface area (Å²) in [6.07, 6.45) is 3.91. The normalized spacial score (nSPS) is 19.6. The number of aliphatic hydroxyl groups is 1. The first-order valence-electron chi connectivity index (χ1n) is 9.43. The second kappa shape index (κ2) is 9.41. The van der Waals surface area contributed by atoms with E-state index in [2.05, 4.69) is 6.58 Å². The van der Waals surface area contributed by atoms with Gasteiger partial charge in [-0.15, -0.1) is 6.58 Å². The van der Waals surface area contributed by atoms with Gasteiger partial charge >= 0.3 is 0 Å². The molecule has 0 aliphatic carbocycles. The zero-order chi connectivity index (χ0) is 20.0. The molecule has 1 aliphatic heterocycles. The fraction of sp³-hybridized carbons (Fsp3) is 0.429. The summed E-state index contributed by atoms with van der Waals surface area (Å²) >= 11 is 0. The molecule has 7 heteroatoms.